The van der Waals surface area contributed by atoms with Gasteiger partial charge in [0.2, 0.25) is 0 Å². The van der Waals surface area contributed by atoms with E-state index in [1.165, 1.54) is 18.2 Å². The molecule has 0 bridgehead atoms. The second-order valence-electron chi connectivity index (χ2n) is 5.25. The van der Waals surface area contributed by atoms with Gasteiger partial charge in [-0.25, -0.2) is 0 Å². The van der Waals surface area contributed by atoms with Crippen molar-refractivity contribution in [3.63, 3.8) is 0 Å². The number of alkyl halides is 3. The number of aliphatic hydroxyl groups excluding tert-OH is 1. The van der Waals surface area contributed by atoms with Gasteiger partial charge in [-0.1, -0.05) is 29.4 Å². The van der Waals surface area contributed by atoms with Crippen molar-refractivity contribution in [2.75, 3.05) is 18.5 Å². The van der Waals surface area contributed by atoms with Crippen molar-refractivity contribution in [1.82, 2.24) is 0 Å². The van der Waals surface area contributed by atoms with Crippen molar-refractivity contribution in [2.45, 2.75) is 33.1 Å². The lowest BCUT2D eigenvalue weighted by molar-refractivity contribution is -0.274. The third-order valence-electron chi connectivity index (χ3n) is 3.11. The number of hydrogen-bond donors (Lipinski definition) is 2. The SMILES string of the molecule is C/C(=C\CO)CC/C=C(\C)CNc1cccc(OC(F)(F)F)c1. The maximum atomic E-state index is 12.2. The minimum absolute atomic E-state index is 0.0480. The second-order valence-corrected chi connectivity index (χ2v) is 5.25. The fourth-order valence-corrected chi connectivity index (χ4v) is 1.92. The Balaban J connectivity index is 2.48. The normalized spacial score (nSPS) is 13.1. The van der Waals surface area contributed by atoms with Gasteiger partial charge in [-0.3, -0.25) is 0 Å². The van der Waals surface area contributed by atoms with Gasteiger partial charge < -0.3 is 15.2 Å². The van der Waals surface area contributed by atoms with Gasteiger partial charge in [0.25, 0.3) is 0 Å². The molecule has 1 aromatic rings. The van der Waals surface area contributed by atoms with E-state index in [4.69, 9.17) is 5.11 Å². The molecule has 0 spiro atoms. The van der Waals surface area contributed by atoms with Crippen LogP contribution in [0.2, 0.25) is 0 Å². The molecule has 1 aromatic carbocycles. The van der Waals surface area contributed by atoms with Crippen LogP contribution in [-0.2, 0) is 0 Å². The summed E-state index contributed by atoms with van der Waals surface area (Å²) in [5.41, 5.74) is 2.78. The fraction of sp³-hybridized carbons (Fsp3) is 0.412. The Morgan fingerprint density at radius 3 is 2.61 bits per heavy atom. The number of hydrogen-bond acceptors (Lipinski definition) is 3. The Hall–Kier alpha value is -1.95. The molecule has 0 amide bonds. The van der Waals surface area contributed by atoms with Crippen LogP contribution in [0.5, 0.6) is 5.75 Å². The number of allylic oxidation sites excluding steroid dienone is 2. The number of halogens is 3. The molecule has 6 heteroatoms. The zero-order chi connectivity index (χ0) is 17.3. The summed E-state index contributed by atoms with van der Waals surface area (Å²) in [4.78, 5) is 0. The van der Waals surface area contributed by atoms with Crippen LogP contribution in [0.4, 0.5) is 18.9 Å². The van der Waals surface area contributed by atoms with Crippen molar-refractivity contribution < 1.29 is 23.0 Å². The molecule has 0 atom stereocenters. The summed E-state index contributed by atoms with van der Waals surface area (Å²) < 4.78 is 40.4. The van der Waals surface area contributed by atoms with Gasteiger partial charge in [0, 0.05) is 18.3 Å². The van der Waals surface area contributed by atoms with E-state index in [9.17, 15) is 13.2 Å². The second kappa shape index (κ2) is 9.25. The molecular weight excluding hydrogens is 307 g/mol. The van der Waals surface area contributed by atoms with Gasteiger partial charge in [-0.15, -0.1) is 13.2 Å². The molecule has 0 aliphatic carbocycles. The standard InChI is InChI=1S/C17H22F3NO2/c1-13(9-10-22)5-3-6-14(2)12-21-15-7-4-8-16(11-15)23-17(18,19)20/h4,6-9,11,21-22H,3,5,10,12H2,1-2H3/b13-9+,14-6+. The minimum atomic E-state index is -4.69. The van der Waals surface area contributed by atoms with Gasteiger partial charge >= 0.3 is 6.36 Å². The molecule has 128 valence electrons. The zero-order valence-corrected chi connectivity index (χ0v) is 13.3. The quantitative estimate of drug-likeness (QED) is 0.682. The highest BCUT2D eigenvalue weighted by Crippen LogP contribution is 2.25. The lowest BCUT2D eigenvalue weighted by atomic mass is 10.1. The van der Waals surface area contributed by atoms with Crippen molar-refractivity contribution in [3.8, 4) is 5.75 Å². The summed E-state index contributed by atoms with van der Waals surface area (Å²) in [6.45, 7) is 4.50. The van der Waals surface area contributed by atoms with Crippen LogP contribution in [0.3, 0.4) is 0 Å². The molecule has 1 rings (SSSR count). The van der Waals surface area contributed by atoms with Crippen molar-refractivity contribution in [1.29, 1.82) is 0 Å². The summed E-state index contributed by atoms with van der Waals surface area (Å²) in [7, 11) is 0. The summed E-state index contributed by atoms with van der Waals surface area (Å²) in [6.07, 6.45) is 0.875. The van der Waals surface area contributed by atoms with Crippen LogP contribution in [-0.4, -0.2) is 24.6 Å². The highest BCUT2D eigenvalue weighted by molar-refractivity contribution is 5.49. The summed E-state index contributed by atoms with van der Waals surface area (Å²) >= 11 is 0. The maximum absolute atomic E-state index is 12.2. The first-order valence-electron chi connectivity index (χ1n) is 7.32. The van der Waals surface area contributed by atoms with E-state index < -0.39 is 6.36 Å². The Morgan fingerprint density at radius 1 is 1.22 bits per heavy atom. The molecule has 0 radical (unpaired) electrons. The van der Waals surface area contributed by atoms with Crippen LogP contribution in [0.25, 0.3) is 0 Å². The lowest BCUT2D eigenvalue weighted by Gasteiger charge is -2.11. The largest absolute Gasteiger partial charge is 0.573 e. The molecule has 0 aliphatic rings. The van der Waals surface area contributed by atoms with Crippen molar-refractivity contribution in [2.24, 2.45) is 0 Å². The number of nitrogens with one attached hydrogen (secondary N) is 1. The van der Waals surface area contributed by atoms with E-state index in [-0.39, 0.29) is 12.4 Å². The topological polar surface area (TPSA) is 41.5 Å². The molecule has 23 heavy (non-hydrogen) atoms. The average Bonchev–Trinajstić information content (AvgIpc) is 2.44. The van der Waals surface area contributed by atoms with Crippen LogP contribution in [0.15, 0.2) is 47.6 Å². The predicted octanol–water partition coefficient (Wildman–Crippen LogP) is 4.66. The summed E-state index contributed by atoms with van der Waals surface area (Å²) in [6, 6.07) is 5.77. The predicted molar refractivity (Wildman–Crippen MR) is 85.4 cm³/mol. The maximum Gasteiger partial charge on any atom is 0.573 e. The number of rotatable bonds is 8. The van der Waals surface area contributed by atoms with E-state index in [1.807, 2.05) is 13.8 Å². The third-order valence-corrected chi connectivity index (χ3v) is 3.11. The molecule has 0 saturated heterocycles. The highest BCUT2D eigenvalue weighted by Gasteiger charge is 2.31. The molecule has 0 fully saturated rings. The molecule has 0 aliphatic heterocycles. The monoisotopic (exact) mass is 329 g/mol. The molecule has 3 nitrogen and oxygen atoms in total. The zero-order valence-electron chi connectivity index (χ0n) is 13.3. The third kappa shape index (κ3) is 8.93. The molecule has 0 saturated carbocycles. The Kier molecular flexibility index (Phi) is 7.68. The molecule has 2 N–H and O–H groups in total. The van der Waals surface area contributed by atoms with Gasteiger partial charge in [-0.05, 0) is 38.8 Å². The van der Waals surface area contributed by atoms with E-state index in [1.54, 1.807) is 12.1 Å². The summed E-state index contributed by atoms with van der Waals surface area (Å²) in [5, 5.41) is 11.8. The number of ether oxygens (including phenoxy) is 1. The van der Waals surface area contributed by atoms with E-state index in [0.717, 1.165) is 24.0 Å². The average molecular weight is 329 g/mol. The Bertz CT molecular complexity index is 551. The van der Waals surface area contributed by atoms with Crippen LogP contribution >= 0.6 is 0 Å². The summed E-state index contributed by atoms with van der Waals surface area (Å²) in [5.74, 6) is -0.242. The van der Waals surface area contributed by atoms with Gasteiger partial charge in [-0.2, -0.15) is 0 Å². The number of benzene rings is 1. The van der Waals surface area contributed by atoms with Crippen molar-refractivity contribution >= 4 is 5.69 Å². The number of anilines is 1. The Morgan fingerprint density at radius 2 is 1.96 bits per heavy atom. The van der Waals surface area contributed by atoms with Gasteiger partial charge in [0.1, 0.15) is 5.75 Å². The smallest absolute Gasteiger partial charge is 0.406 e. The Labute approximate surface area is 134 Å². The van der Waals surface area contributed by atoms with Gasteiger partial charge in [0.15, 0.2) is 0 Å². The molecule has 0 aromatic heterocycles. The number of aliphatic hydroxyl groups is 1. The van der Waals surface area contributed by atoms with Gasteiger partial charge in [0.05, 0.1) is 6.61 Å². The van der Waals surface area contributed by atoms with Crippen LogP contribution in [0.1, 0.15) is 26.7 Å². The van der Waals surface area contributed by atoms with Crippen molar-refractivity contribution in [3.05, 3.63) is 47.6 Å². The fourth-order valence-electron chi connectivity index (χ4n) is 1.92. The first kappa shape index (κ1) is 19.1. The minimum Gasteiger partial charge on any atom is -0.406 e. The van der Waals surface area contributed by atoms with Crippen LogP contribution < -0.4 is 10.1 Å². The lowest BCUT2D eigenvalue weighted by Crippen LogP contribution is -2.17. The highest BCUT2D eigenvalue weighted by atomic mass is 19.4. The van der Waals surface area contributed by atoms with E-state index in [0.29, 0.717) is 12.2 Å². The molecular formula is C17H22F3NO2. The molecule has 0 unspecified atom stereocenters. The van der Waals surface area contributed by atoms with Crippen LogP contribution in [0, 0.1) is 0 Å². The molecule has 0 heterocycles. The van der Waals surface area contributed by atoms with E-state index >= 15 is 0 Å². The first-order valence-corrected chi connectivity index (χ1v) is 7.32. The first-order chi connectivity index (χ1) is 10.8. The van der Waals surface area contributed by atoms with E-state index in [2.05, 4.69) is 16.1 Å².